The van der Waals surface area contributed by atoms with Crippen LogP contribution in [0.15, 0.2) is 108 Å². The summed E-state index contributed by atoms with van der Waals surface area (Å²) in [6.45, 7) is 18.6. The normalized spacial score (nSPS) is 15.1. The molecule has 0 spiro atoms. The molecule has 1 N–H and O–H groups in total. The van der Waals surface area contributed by atoms with E-state index in [0.717, 1.165) is 52.5 Å². The Morgan fingerprint density at radius 2 is 1.08 bits per heavy atom. The second-order valence-electron chi connectivity index (χ2n) is 23.6. The van der Waals surface area contributed by atoms with Crippen LogP contribution >= 0.6 is 22.7 Å². The third-order valence-electron chi connectivity index (χ3n) is 14.7. The Morgan fingerprint density at radius 1 is 0.648 bits per heavy atom. The van der Waals surface area contributed by atoms with Crippen LogP contribution in [0.3, 0.4) is 0 Å². The van der Waals surface area contributed by atoms with Crippen LogP contribution in [0.25, 0.3) is 21.1 Å². The number of nitrogens with one attached hydrogen (secondary N) is 1. The molecule has 0 atom stereocenters. The van der Waals surface area contributed by atoms with Crippen LogP contribution < -0.4 is 10.1 Å². The molecular formula is C60H69F6N11O9S2. The number of hydrogen-bond donors (Lipinski definition) is 1. The summed E-state index contributed by atoms with van der Waals surface area (Å²) in [6, 6.07) is 15.2. The first-order valence-electron chi connectivity index (χ1n) is 27.8. The molecule has 28 heteroatoms. The summed E-state index contributed by atoms with van der Waals surface area (Å²) in [5, 5.41) is 26.5. The van der Waals surface area contributed by atoms with Crippen LogP contribution in [-0.2, 0) is 34.9 Å². The number of nitrogens with zero attached hydrogens (tertiary/aromatic N) is 10. The first kappa shape index (κ1) is 67.6. The topological polar surface area (TPSA) is 222 Å². The highest BCUT2D eigenvalue weighted by Crippen LogP contribution is 2.39. The van der Waals surface area contributed by atoms with Gasteiger partial charge in [0.05, 0.1) is 16.1 Å². The van der Waals surface area contributed by atoms with Gasteiger partial charge in [-0.3, -0.25) is 19.9 Å². The van der Waals surface area contributed by atoms with E-state index in [1.165, 1.54) is 95.7 Å². The van der Waals surface area contributed by atoms with E-state index in [9.17, 15) is 55.6 Å². The van der Waals surface area contributed by atoms with Gasteiger partial charge in [0.2, 0.25) is 0 Å². The van der Waals surface area contributed by atoms with Crippen LogP contribution in [0.2, 0.25) is 0 Å². The molecule has 0 bridgehead atoms. The van der Waals surface area contributed by atoms with E-state index in [1.54, 1.807) is 75.7 Å². The van der Waals surface area contributed by atoms with E-state index in [2.05, 4.69) is 56.2 Å². The number of likely N-dealkylation sites (tertiary alicyclic amines) is 1. The molecule has 1 amide bonds. The number of hydrogen-bond acceptors (Lipinski definition) is 18. The average molecular weight is 1270 g/mol. The van der Waals surface area contributed by atoms with Gasteiger partial charge in [-0.1, -0.05) is 12.1 Å². The summed E-state index contributed by atoms with van der Waals surface area (Å²) in [7, 11) is 4.00. The van der Waals surface area contributed by atoms with E-state index in [4.69, 9.17) is 14.2 Å². The second kappa shape index (κ2) is 27.6. The lowest BCUT2D eigenvalue weighted by Crippen LogP contribution is -2.53. The molecule has 3 aromatic carbocycles. The first-order valence-corrected chi connectivity index (χ1v) is 29.5. The molecule has 2 saturated heterocycles. The van der Waals surface area contributed by atoms with Crippen LogP contribution in [0.5, 0.6) is 5.75 Å². The van der Waals surface area contributed by atoms with Gasteiger partial charge in [0.25, 0.3) is 5.69 Å². The van der Waals surface area contributed by atoms with Crippen molar-refractivity contribution < 1.29 is 64.7 Å². The summed E-state index contributed by atoms with van der Waals surface area (Å²) in [4.78, 5) is 73.6. The Labute approximate surface area is 512 Å². The number of esters is 2. The van der Waals surface area contributed by atoms with Crippen molar-refractivity contribution >= 4 is 52.4 Å². The lowest BCUT2D eigenvalue weighted by molar-refractivity contribution is -0.384. The van der Waals surface area contributed by atoms with Gasteiger partial charge in [-0.05, 0) is 168 Å². The molecule has 0 unspecified atom stereocenters. The van der Waals surface area contributed by atoms with Crippen LogP contribution in [0.1, 0.15) is 124 Å². The average Bonchev–Trinajstić information content (AvgIpc) is 1.73. The van der Waals surface area contributed by atoms with Gasteiger partial charge in [-0.25, -0.2) is 29.1 Å². The van der Waals surface area contributed by atoms with Crippen molar-refractivity contribution in [3.05, 3.63) is 152 Å². The van der Waals surface area contributed by atoms with Crippen molar-refractivity contribution in [3.63, 3.8) is 0 Å². The van der Waals surface area contributed by atoms with Crippen molar-refractivity contribution in [2.45, 2.75) is 129 Å². The van der Waals surface area contributed by atoms with Gasteiger partial charge in [-0.2, -0.15) is 45.9 Å². The summed E-state index contributed by atoms with van der Waals surface area (Å²) in [6.07, 6.45) is -0.377. The number of benzene rings is 3. The predicted octanol–water partition coefficient (Wildman–Crippen LogP) is 13.1. The van der Waals surface area contributed by atoms with Gasteiger partial charge in [0.15, 0.2) is 11.4 Å². The number of thiazole rings is 2. The number of carbonyl (C=O) groups excluding carboxylic acids is 4. The quantitative estimate of drug-likeness (QED) is 0.0520. The van der Waals surface area contributed by atoms with Crippen LogP contribution in [-0.4, -0.2) is 136 Å². The molecule has 9 rings (SSSR count). The predicted molar refractivity (Wildman–Crippen MR) is 318 cm³/mol. The van der Waals surface area contributed by atoms with Gasteiger partial charge in [0, 0.05) is 96.1 Å². The van der Waals surface area contributed by atoms with Crippen molar-refractivity contribution in [2.75, 3.05) is 40.3 Å². The number of piperidine rings is 2. The molecular weight excluding hydrogens is 1200 g/mol. The lowest BCUT2D eigenvalue weighted by Gasteiger charge is -2.45. The SMILES string of the molecule is CC(C)(C)OC(=O)c1ccn(C(=O)Oc2ccc([N+](=O)[O-])cc2)n1.CN(Cc1ccc(C(F)(F)F)cc1-c1nccs1)C1(C)CCN(C(=O)n2ccc(C(=O)OC(C)(C)C)n2)CC1.CN(Cc1ccc(C(F)(F)F)cc1-c1nccs1)C1(C)CCNCC1. The Balaban J connectivity index is 0.000000197. The van der Waals surface area contributed by atoms with Crippen LogP contribution in [0.4, 0.5) is 41.6 Å². The third kappa shape index (κ3) is 18.1. The van der Waals surface area contributed by atoms with E-state index in [1.807, 2.05) is 7.05 Å². The zero-order valence-electron chi connectivity index (χ0n) is 50.2. The molecule has 0 saturated carbocycles. The second-order valence-corrected chi connectivity index (χ2v) is 25.3. The maximum atomic E-state index is 13.4. The fraction of sp³-hybridized carbons (Fsp3) is 0.433. The standard InChI is InChI=1S/C27H32F3N5O3S.C18H22F3N3S.C15H15N3O6/c1-25(2,3)38-23(36)21-8-12-35(32-21)24(37)34-13-9-26(4,10-14-34)33(5)17-18-6-7-19(27(28,29)30)16-20(18)22-31-11-15-39-22;1-17(5-7-22-8-6-17)24(2)12-13-3-4-14(18(19,20)21)11-15(13)16-23-9-10-25-16;1-15(2,3)24-13(19)12-8-9-17(16-12)14(20)23-11-6-4-10(5-7-11)18(21)22/h6-8,11-12,15-16H,9-10,13-14,17H2,1-5H3;3-4,9-11,22H,5-8,12H2,1-2H3;4-9H,1-3H3. The number of non-ortho nitro benzene ring substituents is 1. The number of rotatable bonds is 12. The van der Waals surface area contributed by atoms with Crippen molar-refractivity contribution in [1.82, 2.24) is 49.5 Å². The Kier molecular flexibility index (Phi) is 21.2. The third-order valence-corrected chi connectivity index (χ3v) is 16.3. The van der Waals surface area contributed by atoms with E-state index < -0.39 is 57.6 Å². The van der Waals surface area contributed by atoms with Gasteiger partial charge >= 0.3 is 36.4 Å². The number of nitro groups is 1. The van der Waals surface area contributed by atoms with E-state index in [0.29, 0.717) is 60.2 Å². The molecule has 2 aliphatic heterocycles. The number of ether oxygens (including phenoxy) is 3. The molecule has 20 nitrogen and oxygen atoms in total. The number of nitro benzene ring substituents is 1. The maximum Gasteiger partial charge on any atom is 0.440 e. The minimum atomic E-state index is -4.44. The smallest absolute Gasteiger partial charge is 0.440 e. The number of carbonyl (C=O) groups is 4. The highest BCUT2D eigenvalue weighted by atomic mass is 32.1. The molecule has 7 aromatic rings. The van der Waals surface area contributed by atoms with Crippen molar-refractivity contribution in [2.24, 2.45) is 0 Å². The van der Waals surface area contributed by atoms with E-state index >= 15 is 0 Å². The largest absolute Gasteiger partial charge is 0.455 e. The molecule has 2 aliphatic rings. The molecule has 6 heterocycles. The molecule has 4 aromatic heterocycles. The molecule has 0 radical (unpaired) electrons. The van der Waals surface area contributed by atoms with E-state index in [-0.39, 0.29) is 39.9 Å². The molecule has 0 aliphatic carbocycles. The number of alkyl halides is 6. The minimum Gasteiger partial charge on any atom is -0.455 e. The zero-order valence-corrected chi connectivity index (χ0v) is 51.8. The Morgan fingerprint density at radius 3 is 1.49 bits per heavy atom. The number of halogens is 6. The Bertz CT molecular complexity index is 3530. The summed E-state index contributed by atoms with van der Waals surface area (Å²) >= 11 is 2.66. The summed E-state index contributed by atoms with van der Waals surface area (Å²) in [5.74, 6) is -1.15. The van der Waals surface area contributed by atoms with Crippen molar-refractivity contribution in [1.29, 1.82) is 0 Å². The summed E-state index contributed by atoms with van der Waals surface area (Å²) < 4.78 is 97.0. The maximum absolute atomic E-state index is 13.4. The highest BCUT2D eigenvalue weighted by molar-refractivity contribution is 7.13. The number of amides is 1. The first-order chi connectivity index (χ1) is 41.1. The minimum absolute atomic E-state index is 0.0365. The molecule has 2 fully saturated rings. The molecule has 88 heavy (non-hydrogen) atoms. The fourth-order valence-corrected chi connectivity index (χ4v) is 10.7. The van der Waals surface area contributed by atoms with Gasteiger partial charge in [0.1, 0.15) is 27.0 Å². The Hall–Kier alpha value is -7.92. The lowest BCUT2D eigenvalue weighted by atomic mass is 9.87. The highest BCUT2D eigenvalue weighted by Gasteiger charge is 2.38. The zero-order chi connectivity index (χ0) is 64.6. The summed E-state index contributed by atoms with van der Waals surface area (Å²) in [5.41, 5.74) is -0.329. The van der Waals surface area contributed by atoms with Crippen LogP contribution in [0, 0.1) is 10.1 Å². The van der Waals surface area contributed by atoms with Crippen molar-refractivity contribution in [3.8, 4) is 26.9 Å². The fourth-order valence-electron chi connectivity index (χ4n) is 9.36. The van der Waals surface area contributed by atoms with Gasteiger partial charge in [-0.15, -0.1) is 22.7 Å². The monoisotopic (exact) mass is 1270 g/mol. The molecule has 472 valence electrons. The number of aromatic nitrogens is 6. The van der Waals surface area contributed by atoms with Gasteiger partial charge < -0.3 is 24.4 Å².